The van der Waals surface area contributed by atoms with Crippen molar-refractivity contribution in [2.75, 3.05) is 13.2 Å². The van der Waals surface area contributed by atoms with E-state index in [1.807, 2.05) is 0 Å². The number of hydrogen-bond acceptors (Lipinski definition) is 6. The largest absolute Gasteiger partial charge is 0.469 e. The smallest absolute Gasteiger partial charge is 0.462 e. The normalized spacial score (nSPS) is 12.7. The van der Waals surface area contributed by atoms with E-state index in [1.165, 1.54) is 103 Å². The molecule has 0 bridgehead atoms. The summed E-state index contributed by atoms with van der Waals surface area (Å²) < 4.78 is 26.3. The first-order chi connectivity index (χ1) is 23.8. The first-order valence-corrected chi connectivity index (χ1v) is 21.7. The molecular formula is C40H75O8P. The van der Waals surface area contributed by atoms with Crippen LogP contribution in [-0.2, 0) is 28.2 Å². The first-order valence-electron chi connectivity index (χ1n) is 20.1. The number of hydrogen-bond donors (Lipinski definition) is 2. The average Bonchev–Trinajstić information content (AvgIpc) is 3.07. The maximum absolute atomic E-state index is 12.4. The van der Waals surface area contributed by atoms with E-state index < -0.39 is 32.5 Å². The molecule has 0 aliphatic rings. The minimum Gasteiger partial charge on any atom is -0.462 e. The molecule has 0 aromatic heterocycles. The molecule has 0 fully saturated rings. The van der Waals surface area contributed by atoms with Crippen molar-refractivity contribution in [3.05, 3.63) is 24.3 Å². The molecule has 0 aromatic rings. The fraction of sp³-hybridized carbons (Fsp3) is 0.850. The van der Waals surface area contributed by atoms with E-state index in [9.17, 15) is 14.2 Å². The van der Waals surface area contributed by atoms with E-state index in [2.05, 4.69) is 42.7 Å². The van der Waals surface area contributed by atoms with Gasteiger partial charge < -0.3 is 19.3 Å². The Hall–Kier alpha value is -1.47. The Morgan fingerprint density at radius 1 is 0.531 bits per heavy atom. The number of rotatable bonds is 37. The molecule has 49 heavy (non-hydrogen) atoms. The molecule has 0 radical (unpaired) electrons. The second kappa shape index (κ2) is 36.3. The Morgan fingerprint density at radius 2 is 0.939 bits per heavy atom. The van der Waals surface area contributed by atoms with Crippen LogP contribution < -0.4 is 0 Å². The summed E-state index contributed by atoms with van der Waals surface area (Å²) in [5.74, 6) is -0.894. The van der Waals surface area contributed by atoms with Crippen molar-refractivity contribution in [3.8, 4) is 0 Å². The van der Waals surface area contributed by atoms with E-state index in [1.54, 1.807) is 0 Å². The van der Waals surface area contributed by atoms with Crippen LogP contribution in [0.1, 0.15) is 200 Å². The molecule has 1 atom stereocenters. The molecule has 0 aliphatic heterocycles. The van der Waals surface area contributed by atoms with E-state index in [0.29, 0.717) is 6.42 Å². The second-order valence-electron chi connectivity index (χ2n) is 13.6. The summed E-state index contributed by atoms with van der Waals surface area (Å²) in [6, 6.07) is 0. The molecule has 2 N–H and O–H groups in total. The van der Waals surface area contributed by atoms with Crippen molar-refractivity contribution in [1.82, 2.24) is 0 Å². The van der Waals surface area contributed by atoms with Crippen LogP contribution in [0.2, 0.25) is 0 Å². The Morgan fingerprint density at radius 3 is 1.41 bits per heavy atom. The Bertz CT molecular complexity index is 853. The van der Waals surface area contributed by atoms with Gasteiger partial charge in [0.05, 0.1) is 6.61 Å². The van der Waals surface area contributed by atoms with E-state index in [0.717, 1.165) is 64.2 Å². The zero-order chi connectivity index (χ0) is 36.1. The number of unbranched alkanes of at least 4 members (excludes halogenated alkanes) is 23. The van der Waals surface area contributed by atoms with Gasteiger partial charge in [-0.25, -0.2) is 4.57 Å². The Kier molecular flexibility index (Phi) is 35.2. The van der Waals surface area contributed by atoms with Gasteiger partial charge in [-0.1, -0.05) is 173 Å². The van der Waals surface area contributed by atoms with Crippen LogP contribution in [0.15, 0.2) is 24.3 Å². The van der Waals surface area contributed by atoms with Crippen LogP contribution >= 0.6 is 7.82 Å². The zero-order valence-electron chi connectivity index (χ0n) is 31.6. The molecule has 0 saturated heterocycles. The summed E-state index contributed by atoms with van der Waals surface area (Å²) in [6.07, 6.45) is 40.4. The van der Waals surface area contributed by atoms with Crippen LogP contribution in [0.25, 0.3) is 0 Å². The van der Waals surface area contributed by atoms with Crippen LogP contribution in [0.4, 0.5) is 0 Å². The second-order valence-corrected chi connectivity index (χ2v) is 14.9. The fourth-order valence-electron chi connectivity index (χ4n) is 5.68. The highest BCUT2D eigenvalue weighted by molar-refractivity contribution is 7.46. The van der Waals surface area contributed by atoms with Crippen LogP contribution in [-0.4, -0.2) is 41.0 Å². The molecule has 0 rings (SSSR count). The number of esters is 2. The third-order valence-electron chi connectivity index (χ3n) is 8.72. The monoisotopic (exact) mass is 715 g/mol. The molecule has 8 nitrogen and oxygen atoms in total. The van der Waals surface area contributed by atoms with Crippen molar-refractivity contribution >= 4 is 19.8 Å². The van der Waals surface area contributed by atoms with Crippen molar-refractivity contribution in [1.29, 1.82) is 0 Å². The maximum Gasteiger partial charge on any atom is 0.469 e. The molecule has 0 amide bonds. The number of allylic oxidation sites excluding steroid dienone is 4. The number of carbonyl (C=O) groups excluding carboxylic acids is 2. The van der Waals surface area contributed by atoms with Crippen LogP contribution in [0.5, 0.6) is 0 Å². The topological polar surface area (TPSA) is 119 Å². The molecule has 0 aliphatic carbocycles. The number of phosphoric ester groups is 1. The van der Waals surface area contributed by atoms with Gasteiger partial charge in [-0.05, 0) is 38.5 Å². The van der Waals surface area contributed by atoms with Crippen LogP contribution in [0, 0.1) is 0 Å². The van der Waals surface area contributed by atoms with Gasteiger partial charge in [0.2, 0.25) is 0 Å². The van der Waals surface area contributed by atoms with Crippen molar-refractivity contribution in [2.24, 2.45) is 0 Å². The lowest BCUT2D eigenvalue weighted by atomic mass is 10.0. The summed E-state index contributed by atoms with van der Waals surface area (Å²) in [5.41, 5.74) is 0. The van der Waals surface area contributed by atoms with Crippen molar-refractivity contribution in [2.45, 2.75) is 206 Å². The SMILES string of the molecule is CCCC/C=C/C/C=C/CCCCCCCC(=O)O[C@H](COC(=O)CCCCCCCCCCCCCCCCCCC)COP(=O)(O)O. The van der Waals surface area contributed by atoms with Gasteiger partial charge >= 0.3 is 19.8 Å². The van der Waals surface area contributed by atoms with Crippen LogP contribution in [0.3, 0.4) is 0 Å². The first kappa shape index (κ1) is 47.5. The summed E-state index contributed by atoms with van der Waals surface area (Å²) in [6.45, 7) is 3.64. The summed E-state index contributed by atoms with van der Waals surface area (Å²) in [5, 5.41) is 0. The van der Waals surface area contributed by atoms with Gasteiger partial charge in [-0.3, -0.25) is 14.1 Å². The summed E-state index contributed by atoms with van der Waals surface area (Å²) in [4.78, 5) is 42.8. The lowest BCUT2D eigenvalue weighted by Gasteiger charge is -2.18. The molecule has 0 spiro atoms. The molecule has 0 saturated carbocycles. The molecular weight excluding hydrogens is 639 g/mol. The highest BCUT2D eigenvalue weighted by atomic mass is 31.2. The highest BCUT2D eigenvalue weighted by Crippen LogP contribution is 2.36. The molecule has 9 heteroatoms. The predicted molar refractivity (Wildman–Crippen MR) is 202 cm³/mol. The van der Waals surface area contributed by atoms with Gasteiger partial charge in [0.25, 0.3) is 0 Å². The van der Waals surface area contributed by atoms with Gasteiger partial charge in [0, 0.05) is 12.8 Å². The summed E-state index contributed by atoms with van der Waals surface area (Å²) in [7, 11) is -4.75. The van der Waals surface area contributed by atoms with Gasteiger partial charge in [0.15, 0.2) is 6.10 Å². The highest BCUT2D eigenvalue weighted by Gasteiger charge is 2.22. The molecule has 288 valence electrons. The third-order valence-corrected chi connectivity index (χ3v) is 9.21. The fourth-order valence-corrected chi connectivity index (χ4v) is 6.04. The number of phosphoric acid groups is 1. The number of ether oxygens (including phenoxy) is 2. The molecule has 0 unspecified atom stereocenters. The summed E-state index contributed by atoms with van der Waals surface area (Å²) >= 11 is 0. The Balaban J connectivity index is 3.92. The van der Waals surface area contributed by atoms with Crippen molar-refractivity contribution in [3.63, 3.8) is 0 Å². The zero-order valence-corrected chi connectivity index (χ0v) is 32.5. The predicted octanol–water partition coefficient (Wildman–Crippen LogP) is 12.0. The maximum atomic E-state index is 12.4. The van der Waals surface area contributed by atoms with Gasteiger partial charge in [-0.15, -0.1) is 0 Å². The van der Waals surface area contributed by atoms with E-state index >= 15 is 0 Å². The Labute approximate surface area is 300 Å². The van der Waals surface area contributed by atoms with Crippen molar-refractivity contribution < 1.29 is 37.9 Å². The number of carbonyl (C=O) groups is 2. The lowest BCUT2D eigenvalue weighted by Crippen LogP contribution is -2.29. The minimum absolute atomic E-state index is 0.198. The molecule has 0 aromatic carbocycles. The molecule has 0 heterocycles. The van der Waals surface area contributed by atoms with E-state index in [4.69, 9.17) is 19.3 Å². The quantitative estimate of drug-likeness (QED) is 0.0282. The standard InChI is InChI=1S/C40H75O8P/c1-3-5-7-9-11-13-15-17-19-20-21-23-24-26-28-30-32-34-39(41)46-36-38(37-47-49(43,44)45)48-40(42)35-33-31-29-27-25-22-18-16-14-12-10-8-6-4-2/h10,12,16,18,38H,3-9,11,13-15,17,19-37H2,1-2H3,(H2,43,44,45)/b12-10+,18-16+/t38-/m1/s1. The minimum atomic E-state index is -4.75. The van der Waals surface area contributed by atoms with E-state index in [-0.39, 0.29) is 19.4 Å². The van der Waals surface area contributed by atoms with Gasteiger partial charge in [-0.2, -0.15) is 0 Å². The lowest BCUT2D eigenvalue weighted by molar-refractivity contribution is -0.161. The van der Waals surface area contributed by atoms with Gasteiger partial charge in [0.1, 0.15) is 6.61 Å². The average molecular weight is 715 g/mol. The third kappa shape index (κ3) is 39.2.